The molecule has 0 spiro atoms. The average Bonchev–Trinajstić information content (AvgIpc) is 2.90. The predicted octanol–water partition coefficient (Wildman–Crippen LogP) is 4.53. The third-order valence-corrected chi connectivity index (χ3v) is 5.11. The molecule has 0 saturated carbocycles. The van der Waals surface area contributed by atoms with Gasteiger partial charge in [0, 0.05) is 32.6 Å². The van der Waals surface area contributed by atoms with Gasteiger partial charge in [0.1, 0.15) is 4.99 Å². The van der Waals surface area contributed by atoms with Crippen LogP contribution in [0.1, 0.15) is 24.3 Å². The zero-order valence-corrected chi connectivity index (χ0v) is 14.7. The number of hydrogen-bond donors (Lipinski definition) is 2. The highest BCUT2D eigenvalue weighted by Crippen LogP contribution is 2.29. The van der Waals surface area contributed by atoms with Gasteiger partial charge in [-0.15, -0.1) is 11.3 Å². The van der Waals surface area contributed by atoms with E-state index in [4.69, 9.17) is 18.0 Å². The van der Waals surface area contributed by atoms with E-state index in [-0.39, 0.29) is 5.41 Å². The Morgan fingerprint density at radius 3 is 2.75 bits per heavy atom. The summed E-state index contributed by atoms with van der Waals surface area (Å²) in [6.45, 7) is 5.27. The number of rotatable bonds is 5. The van der Waals surface area contributed by atoms with Crippen LogP contribution in [-0.2, 0) is 5.41 Å². The molecule has 0 aliphatic heterocycles. The summed E-state index contributed by atoms with van der Waals surface area (Å²) in [6.07, 6.45) is 0. The van der Waals surface area contributed by atoms with E-state index in [0.717, 1.165) is 22.3 Å². The number of anilines is 1. The van der Waals surface area contributed by atoms with Crippen molar-refractivity contribution >= 4 is 50.2 Å². The van der Waals surface area contributed by atoms with E-state index in [0.29, 0.717) is 4.99 Å². The summed E-state index contributed by atoms with van der Waals surface area (Å²) in [4.78, 5) is 1.77. The minimum absolute atomic E-state index is 0.0595. The minimum atomic E-state index is 0.0595. The van der Waals surface area contributed by atoms with Gasteiger partial charge >= 0.3 is 0 Å². The molecule has 2 aromatic rings. The van der Waals surface area contributed by atoms with Crippen molar-refractivity contribution in [1.29, 1.82) is 0 Å². The number of halogens is 1. The van der Waals surface area contributed by atoms with Gasteiger partial charge < -0.3 is 11.1 Å². The molecule has 1 aromatic carbocycles. The van der Waals surface area contributed by atoms with E-state index >= 15 is 0 Å². The van der Waals surface area contributed by atoms with Crippen LogP contribution in [0.3, 0.4) is 0 Å². The molecular weight excluding hydrogens is 352 g/mol. The smallest absolute Gasteiger partial charge is 0.106 e. The highest BCUT2D eigenvalue weighted by molar-refractivity contribution is 9.10. The topological polar surface area (TPSA) is 38.0 Å². The van der Waals surface area contributed by atoms with E-state index in [2.05, 4.69) is 52.6 Å². The number of nitrogens with one attached hydrogen (secondary N) is 1. The molecule has 0 fully saturated rings. The molecule has 1 aromatic heterocycles. The summed E-state index contributed by atoms with van der Waals surface area (Å²) in [5.41, 5.74) is 7.69. The Bertz CT molecular complexity index is 606. The van der Waals surface area contributed by atoms with E-state index in [1.807, 2.05) is 18.2 Å². The van der Waals surface area contributed by atoms with Crippen molar-refractivity contribution in [2.75, 3.05) is 11.9 Å². The van der Waals surface area contributed by atoms with E-state index < -0.39 is 0 Å². The molecule has 0 atom stereocenters. The fourth-order valence-corrected chi connectivity index (χ4v) is 3.34. The van der Waals surface area contributed by atoms with Crippen LogP contribution >= 0.6 is 39.5 Å². The maximum Gasteiger partial charge on any atom is 0.106 e. The third kappa shape index (κ3) is 3.59. The fraction of sp³-hybridized carbons (Fsp3) is 0.267. The molecule has 2 nitrogen and oxygen atoms in total. The summed E-state index contributed by atoms with van der Waals surface area (Å²) >= 11 is 10.4. The third-order valence-electron chi connectivity index (χ3n) is 3.16. The second-order valence-corrected chi connectivity index (χ2v) is 7.57. The van der Waals surface area contributed by atoms with Crippen LogP contribution in [0, 0.1) is 0 Å². The quantitative estimate of drug-likeness (QED) is 0.761. The lowest BCUT2D eigenvalue weighted by molar-refractivity contribution is 0.569. The monoisotopic (exact) mass is 368 g/mol. The lowest BCUT2D eigenvalue weighted by Crippen LogP contribution is -2.27. The molecule has 0 radical (unpaired) electrons. The Morgan fingerprint density at radius 2 is 2.15 bits per heavy atom. The minimum Gasteiger partial charge on any atom is -0.389 e. The molecule has 0 amide bonds. The van der Waals surface area contributed by atoms with E-state index in [9.17, 15) is 0 Å². The largest absolute Gasteiger partial charge is 0.389 e. The van der Waals surface area contributed by atoms with Crippen molar-refractivity contribution < 1.29 is 0 Å². The van der Waals surface area contributed by atoms with E-state index in [1.165, 1.54) is 4.88 Å². The van der Waals surface area contributed by atoms with Gasteiger partial charge in [-0.3, -0.25) is 0 Å². The van der Waals surface area contributed by atoms with Gasteiger partial charge in [0.2, 0.25) is 0 Å². The lowest BCUT2D eigenvalue weighted by atomic mass is 9.91. The highest BCUT2D eigenvalue weighted by Gasteiger charge is 2.22. The summed E-state index contributed by atoms with van der Waals surface area (Å²) in [7, 11) is 0. The molecule has 0 aliphatic carbocycles. The average molecular weight is 369 g/mol. The van der Waals surface area contributed by atoms with Crippen LogP contribution in [0.15, 0.2) is 40.2 Å². The number of thiocarbonyl (C=S) groups is 1. The standard InChI is InChI=1S/C15H17BrN2S2/c1-15(2,13-4-3-7-20-13)9-18-12-8-10(16)5-6-11(12)14(17)19/h3-8,18H,9H2,1-2H3,(H2,17,19). The molecule has 20 heavy (non-hydrogen) atoms. The van der Waals surface area contributed by atoms with Crippen molar-refractivity contribution in [2.24, 2.45) is 5.73 Å². The summed E-state index contributed by atoms with van der Waals surface area (Å²) in [5.74, 6) is 0. The molecule has 0 saturated heterocycles. The molecular formula is C15H17BrN2S2. The van der Waals surface area contributed by atoms with Gasteiger partial charge in [-0.2, -0.15) is 0 Å². The van der Waals surface area contributed by atoms with Crippen LogP contribution in [0.5, 0.6) is 0 Å². The normalized spacial score (nSPS) is 11.3. The van der Waals surface area contributed by atoms with Crippen molar-refractivity contribution in [1.82, 2.24) is 0 Å². The molecule has 0 bridgehead atoms. The Morgan fingerprint density at radius 1 is 1.40 bits per heavy atom. The van der Waals surface area contributed by atoms with Crippen molar-refractivity contribution in [3.63, 3.8) is 0 Å². The van der Waals surface area contributed by atoms with Gasteiger partial charge in [0.15, 0.2) is 0 Å². The Labute approximate surface area is 137 Å². The molecule has 1 heterocycles. The van der Waals surface area contributed by atoms with Crippen LogP contribution in [0.25, 0.3) is 0 Å². The fourth-order valence-electron chi connectivity index (χ4n) is 1.94. The number of nitrogens with two attached hydrogens (primary N) is 1. The number of thiophene rings is 1. The van der Waals surface area contributed by atoms with Crippen molar-refractivity contribution in [3.05, 3.63) is 50.6 Å². The lowest BCUT2D eigenvalue weighted by Gasteiger charge is -2.25. The van der Waals surface area contributed by atoms with Crippen LogP contribution in [0.2, 0.25) is 0 Å². The van der Waals surface area contributed by atoms with Gasteiger partial charge in [-0.1, -0.05) is 48.1 Å². The first-order valence-electron chi connectivity index (χ1n) is 6.27. The number of hydrogen-bond acceptors (Lipinski definition) is 3. The first-order valence-corrected chi connectivity index (χ1v) is 8.35. The van der Waals surface area contributed by atoms with Crippen LogP contribution in [0.4, 0.5) is 5.69 Å². The maximum absolute atomic E-state index is 5.78. The molecule has 0 unspecified atom stereocenters. The zero-order valence-electron chi connectivity index (χ0n) is 11.4. The van der Waals surface area contributed by atoms with Crippen molar-refractivity contribution in [3.8, 4) is 0 Å². The van der Waals surface area contributed by atoms with Gasteiger partial charge in [0.05, 0.1) is 0 Å². The second-order valence-electron chi connectivity index (χ2n) is 5.27. The van der Waals surface area contributed by atoms with Gasteiger partial charge in [-0.25, -0.2) is 0 Å². The molecule has 3 N–H and O–H groups in total. The summed E-state index contributed by atoms with van der Waals surface area (Å²) in [6, 6.07) is 10.2. The van der Waals surface area contributed by atoms with Gasteiger partial charge in [-0.05, 0) is 29.6 Å². The second kappa shape index (κ2) is 6.24. The van der Waals surface area contributed by atoms with Crippen LogP contribution in [-0.4, -0.2) is 11.5 Å². The molecule has 2 rings (SSSR count). The first-order chi connectivity index (χ1) is 9.40. The number of benzene rings is 1. The maximum atomic E-state index is 5.78. The zero-order chi connectivity index (χ0) is 14.8. The summed E-state index contributed by atoms with van der Waals surface area (Å²) < 4.78 is 1.01. The highest BCUT2D eigenvalue weighted by atomic mass is 79.9. The Balaban J connectivity index is 2.19. The predicted molar refractivity (Wildman–Crippen MR) is 95.9 cm³/mol. The van der Waals surface area contributed by atoms with Crippen LogP contribution < -0.4 is 11.1 Å². The van der Waals surface area contributed by atoms with Crippen molar-refractivity contribution in [2.45, 2.75) is 19.3 Å². The molecule has 5 heteroatoms. The Kier molecular flexibility index (Phi) is 4.83. The summed E-state index contributed by atoms with van der Waals surface area (Å²) in [5, 5.41) is 5.58. The van der Waals surface area contributed by atoms with Gasteiger partial charge in [0.25, 0.3) is 0 Å². The van der Waals surface area contributed by atoms with E-state index in [1.54, 1.807) is 11.3 Å². The molecule has 106 valence electrons. The SMILES string of the molecule is CC(C)(CNc1cc(Br)ccc1C(N)=S)c1cccs1. The first kappa shape index (κ1) is 15.5. The Hall–Kier alpha value is -0.910. The molecule has 0 aliphatic rings.